The first-order chi connectivity index (χ1) is 20.2. The van der Waals surface area contributed by atoms with Gasteiger partial charge in [-0.2, -0.15) is 0 Å². The number of rotatable bonds is 6. The van der Waals surface area contributed by atoms with Crippen LogP contribution in [0.25, 0.3) is 22.2 Å². The Hall–Kier alpha value is -4.72. The first-order valence-corrected chi connectivity index (χ1v) is 14.0. The number of amides is 2. The van der Waals surface area contributed by atoms with Crippen molar-refractivity contribution in [1.82, 2.24) is 4.98 Å². The largest absolute Gasteiger partial charge is 0.454 e. The summed E-state index contributed by atoms with van der Waals surface area (Å²) < 4.78 is 18.6. The van der Waals surface area contributed by atoms with Gasteiger partial charge in [0.15, 0.2) is 12.4 Å². The Kier molecular flexibility index (Phi) is 7.14. The number of hydrogen-bond acceptors (Lipinski definition) is 6. The molecule has 1 aliphatic heterocycles. The van der Waals surface area contributed by atoms with E-state index >= 15 is 0 Å². The third-order valence-corrected chi connectivity index (χ3v) is 8.29. The first-order valence-electron chi connectivity index (χ1n) is 14.0. The molecule has 2 fully saturated rings. The van der Waals surface area contributed by atoms with E-state index in [4.69, 9.17) is 9.72 Å². The molecule has 1 saturated carbocycles. The van der Waals surface area contributed by atoms with E-state index in [1.165, 1.54) is 29.2 Å². The van der Waals surface area contributed by atoms with Crippen LogP contribution >= 0.6 is 0 Å². The maximum atomic E-state index is 13.2. The highest BCUT2D eigenvalue weighted by Crippen LogP contribution is 2.42. The Balaban J connectivity index is 1.27. The number of halogens is 1. The third kappa shape index (κ3) is 5.09. The summed E-state index contributed by atoms with van der Waals surface area (Å²) in [6, 6.07) is 19.2. The summed E-state index contributed by atoms with van der Waals surface area (Å²) in [7, 11) is 0. The number of Topliss-reactive ketones (excluding diaryl/α,β-unsaturated/α-hetero) is 1. The molecule has 3 aromatic carbocycles. The molecule has 1 saturated heterocycles. The number of hydrogen-bond donors (Lipinski definition) is 0. The Bertz CT molecular complexity index is 1730. The number of aromatic nitrogens is 1. The number of imide groups is 1. The predicted octanol–water partition coefficient (Wildman–Crippen LogP) is 6.31. The molecule has 1 aromatic heterocycles. The molecule has 42 heavy (non-hydrogen) atoms. The van der Waals surface area contributed by atoms with E-state index in [0.29, 0.717) is 33.8 Å². The molecule has 0 radical (unpaired) electrons. The van der Waals surface area contributed by atoms with E-state index in [2.05, 4.69) is 6.92 Å². The zero-order valence-corrected chi connectivity index (χ0v) is 23.3. The molecule has 4 aromatic rings. The number of esters is 1. The lowest BCUT2D eigenvalue weighted by molar-refractivity contribution is -0.122. The van der Waals surface area contributed by atoms with Crippen molar-refractivity contribution in [2.45, 2.75) is 33.1 Å². The van der Waals surface area contributed by atoms with Gasteiger partial charge in [0, 0.05) is 16.5 Å². The maximum absolute atomic E-state index is 13.2. The number of nitrogens with zero attached hydrogens (tertiary/aromatic N) is 2. The molecule has 6 rings (SSSR count). The minimum absolute atomic E-state index is 0.135. The second-order valence-corrected chi connectivity index (χ2v) is 11.3. The van der Waals surface area contributed by atoms with Crippen LogP contribution in [0.1, 0.15) is 52.5 Å². The van der Waals surface area contributed by atoms with E-state index in [1.54, 1.807) is 30.3 Å². The second-order valence-electron chi connectivity index (χ2n) is 11.3. The molecule has 7 nitrogen and oxygen atoms in total. The highest BCUT2D eigenvalue weighted by molar-refractivity contribution is 6.22. The van der Waals surface area contributed by atoms with Gasteiger partial charge < -0.3 is 4.74 Å². The number of aryl methyl sites for hydroxylation is 1. The zero-order valence-electron chi connectivity index (χ0n) is 23.3. The van der Waals surface area contributed by atoms with Crippen LogP contribution in [0.3, 0.4) is 0 Å². The van der Waals surface area contributed by atoms with E-state index in [-0.39, 0.29) is 34.8 Å². The van der Waals surface area contributed by atoms with Gasteiger partial charge in [-0.15, -0.1) is 0 Å². The van der Waals surface area contributed by atoms with Crippen LogP contribution in [0.4, 0.5) is 10.1 Å². The molecule has 2 amide bonds. The highest BCUT2D eigenvalue weighted by atomic mass is 19.1. The lowest BCUT2D eigenvalue weighted by atomic mass is 9.76. The topological polar surface area (TPSA) is 93.6 Å². The quantitative estimate of drug-likeness (QED) is 0.155. The van der Waals surface area contributed by atoms with Crippen molar-refractivity contribution in [1.29, 1.82) is 0 Å². The van der Waals surface area contributed by atoms with Crippen LogP contribution in [-0.2, 0) is 14.3 Å². The number of fused-ring (bicyclic) bond motifs is 2. The lowest BCUT2D eigenvalue weighted by Crippen LogP contribution is -2.30. The van der Waals surface area contributed by atoms with Gasteiger partial charge in [0.2, 0.25) is 11.8 Å². The molecule has 212 valence electrons. The van der Waals surface area contributed by atoms with Gasteiger partial charge in [-0.1, -0.05) is 30.7 Å². The average molecular weight is 565 g/mol. The molecule has 3 atom stereocenters. The highest BCUT2D eigenvalue weighted by Gasteiger charge is 2.49. The van der Waals surface area contributed by atoms with Crippen molar-refractivity contribution in [2.75, 3.05) is 11.5 Å². The fourth-order valence-electron chi connectivity index (χ4n) is 6.01. The van der Waals surface area contributed by atoms with E-state index in [1.807, 2.05) is 25.1 Å². The monoisotopic (exact) mass is 564 g/mol. The van der Waals surface area contributed by atoms with Gasteiger partial charge in [0.1, 0.15) is 5.82 Å². The first kappa shape index (κ1) is 27.4. The van der Waals surface area contributed by atoms with Gasteiger partial charge in [-0.3, -0.25) is 19.3 Å². The predicted molar refractivity (Wildman–Crippen MR) is 155 cm³/mol. The maximum Gasteiger partial charge on any atom is 0.339 e. The summed E-state index contributed by atoms with van der Waals surface area (Å²) in [5, 5.41) is 0.583. The minimum atomic E-state index is -0.688. The number of anilines is 1. The van der Waals surface area contributed by atoms with Crippen LogP contribution in [0.15, 0.2) is 72.8 Å². The number of ketones is 1. The zero-order chi connectivity index (χ0) is 29.5. The molecule has 2 heterocycles. The van der Waals surface area contributed by atoms with Gasteiger partial charge in [-0.05, 0) is 86.7 Å². The molecular weight excluding hydrogens is 535 g/mol. The second kappa shape index (κ2) is 10.9. The molecule has 1 aliphatic carbocycles. The summed E-state index contributed by atoms with van der Waals surface area (Å²) in [5.74, 6) is -1.95. The fourth-order valence-corrected chi connectivity index (χ4v) is 6.01. The number of carbonyl (C=O) groups is 4. The smallest absolute Gasteiger partial charge is 0.339 e. The number of benzene rings is 3. The minimum Gasteiger partial charge on any atom is -0.454 e. The van der Waals surface area contributed by atoms with Crippen LogP contribution < -0.4 is 4.90 Å². The van der Waals surface area contributed by atoms with Crippen molar-refractivity contribution < 1.29 is 28.3 Å². The van der Waals surface area contributed by atoms with Crippen molar-refractivity contribution in [3.8, 4) is 11.3 Å². The van der Waals surface area contributed by atoms with Gasteiger partial charge in [0.25, 0.3) is 0 Å². The van der Waals surface area contributed by atoms with Crippen molar-refractivity contribution in [2.24, 2.45) is 17.8 Å². The molecule has 2 aliphatic rings. The van der Waals surface area contributed by atoms with Gasteiger partial charge in [0.05, 0.1) is 34.3 Å². The normalized spacial score (nSPS) is 20.1. The van der Waals surface area contributed by atoms with Gasteiger partial charge in [-0.25, -0.2) is 14.2 Å². The average Bonchev–Trinajstić information content (AvgIpc) is 3.24. The Morgan fingerprint density at radius 3 is 2.38 bits per heavy atom. The summed E-state index contributed by atoms with van der Waals surface area (Å²) in [6.07, 6.45) is 2.42. The molecule has 0 N–H and O–H groups in total. The number of ether oxygens (including phenoxy) is 1. The molecule has 0 spiro atoms. The Labute approximate surface area is 242 Å². The summed E-state index contributed by atoms with van der Waals surface area (Å²) in [5.41, 5.74) is 3.68. The SMILES string of the molecule is Cc1ccc2nc(-c3ccc(N4C(=O)[C@H]5CC[C@@H](C)C[C@@H]5C4=O)cc3)cc(C(=O)OCC(=O)c3ccc(F)cc3)c2c1. The molecule has 8 heteroatoms. The third-order valence-electron chi connectivity index (χ3n) is 8.29. The van der Waals surface area contributed by atoms with Crippen LogP contribution in [-0.4, -0.2) is 35.2 Å². The van der Waals surface area contributed by atoms with Crippen LogP contribution in [0.2, 0.25) is 0 Å². The van der Waals surface area contributed by atoms with Crippen molar-refractivity contribution in [3.63, 3.8) is 0 Å². The van der Waals surface area contributed by atoms with Crippen LogP contribution in [0.5, 0.6) is 0 Å². The van der Waals surface area contributed by atoms with E-state index in [0.717, 1.165) is 24.8 Å². The lowest BCUT2D eigenvalue weighted by Gasteiger charge is -2.25. The fraction of sp³-hybridized carbons (Fsp3) is 0.265. The summed E-state index contributed by atoms with van der Waals surface area (Å²) >= 11 is 0. The van der Waals surface area contributed by atoms with E-state index < -0.39 is 24.2 Å². The Morgan fingerprint density at radius 2 is 1.64 bits per heavy atom. The standard InChI is InChI=1S/C34H29FN2O5/c1-19-3-13-25-27(16-19)33(40)37(32(25)39)24-11-7-21(8-12-24)30-17-28(26-15-20(2)4-14-29(26)36-30)34(41)42-18-31(38)22-5-9-23(35)10-6-22/h4-12,14-15,17,19,25,27H,3,13,16,18H2,1-2H3/t19-,25+,27+/m1/s1. The van der Waals surface area contributed by atoms with Gasteiger partial charge >= 0.3 is 5.97 Å². The van der Waals surface area contributed by atoms with E-state index in [9.17, 15) is 23.6 Å². The van der Waals surface area contributed by atoms with Crippen molar-refractivity contribution >= 4 is 40.2 Å². The summed E-state index contributed by atoms with van der Waals surface area (Å²) in [6.45, 7) is 3.52. The number of pyridine rings is 1. The number of carbonyl (C=O) groups excluding carboxylic acids is 4. The molecule has 0 unspecified atom stereocenters. The Morgan fingerprint density at radius 1 is 0.929 bits per heavy atom. The molecular formula is C34H29FN2O5. The summed E-state index contributed by atoms with van der Waals surface area (Å²) in [4.78, 5) is 58.1. The van der Waals surface area contributed by atoms with Crippen LogP contribution in [0, 0.1) is 30.5 Å². The molecule has 0 bridgehead atoms. The van der Waals surface area contributed by atoms with Crippen molar-refractivity contribution in [3.05, 3.63) is 95.3 Å².